The van der Waals surface area contributed by atoms with Crippen molar-refractivity contribution in [2.75, 3.05) is 0 Å². The van der Waals surface area contributed by atoms with E-state index in [4.69, 9.17) is 9.47 Å². The molecule has 160 valence electrons. The Balaban J connectivity index is 2.22. The van der Waals surface area contributed by atoms with Crippen LogP contribution in [-0.2, 0) is 16.0 Å². The van der Waals surface area contributed by atoms with Gasteiger partial charge < -0.3 is 14.8 Å². The van der Waals surface area contributed by atoms with Crippen LogP contribution in [0.5, 0.6) is 5.75 Å². The van der Waals surface area contributed by atoms with Crippen LogP contribution in [-0.4, -0.2) is 28.6 Å². The van der Waals surface area contributed by atoms with E-state index in [0.717, 1.165) is 30.3 Å². The van der Waals surface area contributed by atoms with Crippen LogP contribution in [0.1, 0.15) is 26.3 Å². The molecule has 0 aromatic heterocycles. The fourth-order valence-electron chi connectivity index (χ4n) is 2.39. The number of carbonyl (C=O) groups is 2. The van der Waals surface area contributed by atoms with Gasteiger partial charge in [0, 0.05) is 18.6 Å². The molecule has 2 aromatic carbocycles. The van der Waals surface area contributed by atoms with Gasteiger partial charge in [0.25, 0.3) is 5.69 Å². The minimum atomic E-state index is -1.41. The number of esters is 1. The van der Waals surface area contributed by atoms with E-state index in [-0.39, 0.29) is 17.0 Å². The van der Waals surface area contributed by atoms with E-state index in [9.17, 15) is 28.5 Å². The summed E-state index contributed by atoms with van der Waals surface area (Å²) in [6, 6.07) is 5.97. The number of rotatable bonds is 6. The third kappa shape index (κ3) is 6.80. The maximum Gasteiger partial charge on any atom is 0.408 e. The van der Waals surface area contributed by atoms with Crippen molar-refractivity contribution < 1.29 is 32.8 Å². The average molecular weight is 422 g/mol. The van der Waals surface area contributed by atoms with Crippen LogP contribution in [0.3, 0.4) is 0 Å². The molecule has 0 saturated carbocycles. The fraction of sp³-hybridized carbons (Fsp3) is 0.300. The first-order chi connectivity index (χ1) is 13.9. The van der Waals surface area contributed by atoms with Crippen LogP contribution < -0.4 is 10.1 Å². The van der Waals surface area contributed by atoms with E-state index in [1.54, 1.807) is 20.8 Å². The van der Waals surface area contributed by atoms with Crippen molar-refractivity contribution in [1.29, 1.82) is 0 Å². The highest BCUT2D eigenvalue weighted by molar-refractivity contribution is 5.83. The Kier molecular flexibility index (Phi) is 7.04. The van der Waals surface area contributed by atoms with Crippen LogP contribution in [0.2, 0.25) is 0 Å². The van der Waals surface area contributed by atoms with Crippen molar-refractivity contribution in [1.82, 2.24) is 5.32 Å². The average Bonchev–Trinajstić information content (AvgIpc) is 2.63. The lowest BCUT2D eigenvalue weighted by Gasteiger charge is -2.23. The molecule has 0 heterocycles. The lowest BCUT2D eigenvalue weighted by molar-refractivity contribution is -0.384. The van der Waals surface area contributed by atoms with Crippen molar-refractivity contribution in [3.63, 3.8) is 0 Å². The number of nitrogens with one attached hydrogen (secondary N) is 1. The monoisotopic (exact) mass is 422 g/mol. The number of nitro benzene ring substituents is 1. The molecule has 2 aromatic rings. The van der Waals surface area contributed by atoms with Gasteiger partial charge in [0.1, 0.15) is 29.0 Å². The molecule has 0 unspecified atom stereocenters. The number of benzene rings is 2. The van der Waals surface area contributed by atoms with E-state index < -0.39 is 46.7 Å². The van der Waals surface area contributed by atoms with Crippen molar-refractivity contribution >= 4 is 17.7 Å². The maximum absolute atomic E-state index is 14.0. The summed E-state index contributed by atoms with van der Waals surface area (Å²) in [6.07, 6.45) is -1.36. The van der Waals surface area contributed by atoms with Crippen molar-refractivity contribution in [2.24, 2.45) is 0 Å². The molecule has 10 heteroatoms. The number of non-ortho nitro benzene ring substituents is 1. The van der Waals surface area contributed by atoms with E-state index >= 15 is 0 Å². The number of nitro groups is 1. The number of carbonyl (C=O) groups excluding carboxylic acids is 2. The van der Waals surface area contributed by atoms with Crippen LogP contribution >= 0.6 is 0 Å². The highest BCUT2D eigenvalue weighted by atomic mass is 19.1. The van der Waals surface area contributed by atoms with Gasteiger partial charge in [-0.05, 0) is 56.7 Å². The molecule has 0 radical (unpaired) electrons. The molecule has 0 bridgehead atoms. The second kappa shape index (κ2) is 9.29. The number of alkyl carbamates (subject to hydrolysis) is 1. The number of hydrogen-bond acceptors (Lipinski definition) is 6. The molecular formula is C20H20F2N2O6. The number of halogens is 2. The molecule has 1 amide bonds. The number of ether oxygens (including phenoxy) is 2. The number of nitrogens with zero attached hydrogens (tertiary/aromatic N) is 1. The Labute approximate surface area is 170 Å². The Morgan fingerprint density at radius 2 is 1.77 bits per heavy atom. The molecule has 0 fully saturated rings. The van der Waals surface area contributed by atoms with E-state index in [1.807, 2.05) is 0 Å². The van der Waals surface area contributed by atoms with E-state index in [0.29, 0.717) is 0 Å². The number of amides is 1. The zero-order valence-corrected chi connectivity index (χ0v) is 16.5. The number of hydrogen-bond donors (Lipinski definition) is 1. The molecule has 0 aliphatic heterocycles. The second-order valence-corrected chi connectivity index (χ2v) is 7.31. The van der Waals surface area contributed by atoms with Crippen molar-refractivity contribution in [3.05, 3.63) is 69.8 Å². The lowest BCUT2D eigenvalue weighted by Crippen LogP contribution is -2.46. The summed E-state index contributed by atoms with van der Waals surface area (Å²) in [5, 5.41) is 13.0. The van der Waals surface area contributed by atoms with E-state index in [1.165, 1.54) is 12.1 Å². The summed E-state index contributed by atoms with van der Waals surface area (Å²) < 4.78 is 37.7. The van der Waals surface area contributed by atoms with Crippen LogP contribution in [0.25, 0.3) is 0 Å². The van der Waals surface area contributed by atoms with Gasteiger partial charge in [0.2, 0.25) is 0 Å². The minimum Gasteiger partial charge on any atom is -0.444 e. The predicted molar refractivity (Wildman–Crippen MR) is 102 cm³/mol. The van der Waals surface area contributed by atoms with Gasteiger partial charge in [-0.25, -0.2) is 18.4 Å². The molecule has 2 rings (SSSR count). The standard InChI is InChI=1S/C20H20F2N2O6/c1-20(2,3)30-19(26)23-17(11-12-10-13(21)4-9-16(12)22)18(25)29-15-7-5-14(6-8-15)24(27)28/h4-10,17H,11H2,1-3H3,(H,23,26)/t17-/m0/s1. The van der Waals surface area contributed by atoms with Gasteiger partial charge in [-0.2, -0.15) is 0 Å². The van der Waals surface area contributed by atoms with Crippen LogP contribution in [0, 0.1) is 21.7 Å². The molecule has 1 N–H and O–H groups in total. The highest BCUT2D eigenvalue weighted by Gasteiger charge is 2.27. The fourth-order valence-corrected chi connectivity index (χ4v) is 2.39. The first-order valence-corrected chi connectivity index (χ1v) is 8.84. The Bertz CT molecular complexity index is 941. The Morgan fingerprint density at radius 3 is 2.33 bits per heavy atom. The molecule has 8 nitrogen and oxygen atoms in total. The van der Waals surface area contributed by atoms with Crippen molar-refractivity contribution in [2.45, 2.75) is 38.8 Å². The first-order valence-electron chi connectivity index (χ1n) is 8.84. The molecule has 0 saturated heterocycles. The largest absolute Gasteiger partial charge is 0.444 e. The van der Waals surface area contributed by atoms with Crippen LogP contribution in [0.4, 0.5) is 19.3 Å². The van der Waals surface area contributed by atoms with Crippen molar-refractivity contribution in [3.8, 4) is 5.75 Å². The molecule has 1 atom stereocenters. The smallest absolute Gasteiger partial charge is 0.408 e. The zero-order chi connectivity index (χ0) is 22.5. The molecule has 0 aliphatic carbocycles. The highest BCUT2D eigenvalue weighted by Crippen LogP contribution is 2.19. The van der Waals surface area contributed by atoms with E-state index in [2.05, 4.69) is 5.32 Å². The normalized spacial score (nSPS) is 12.0. The topological polar surface area (TPSA) is 108 Å². The molecule has 0 aliphatic rings. The van der Waals surface area contributed by atoms with Crippen LogP contribution in [0.15, 0.2) is 42.5 Å². The third-order valence-corrected chi connectivity index (χ3v) is 3.67. The SMILES string of the molecule is CC(C)(C)OC(=O)N[C@@H](Cc1cc(F)ccc1F)C(=O)Oc1ccc([N+](=O)[O-])cc1. The molecule has 30 heavy (non-hydrogen) atoms. The summed E-state index contributed by atoms with van der Waals surface area (Å²) >= 11 is 0. The maximum atomic E-state index is 14.0. The van der Waals surface area contributed by atoms with Gasteiger partial charge in [-0.1, -0.05) is 0 Å². The summed E-state index contributed by atoms with van der Waals surface area (Å²) in [6.45, 7) is 4.84. The molecular weight excluding hydrogens is 402 g/mol. The van der Waals surface area contributed by atoms with Gasteiger partial charge in [-0.15, -0.1) is 0 Å². The van der Waals surface area contributed by atoms with Gasteiger partial charge in [0.05, 0.1) is 4.92 Å². The third-order valence-electron chi connectivity index (χ3n) is 3.67. The van der Waals surface area contributed by atoms with Gasteiger partial charge in [0.15, 0.2) is 0 Å². The summed E-state index contributed by atoms with van der Waals surface area (Å²) in [4.78, 5) is 34.8. The summed E-state index contributed by atoms with van der Waals surface area (Å²) in [5.41, 5.74) is -1.22. The summed E-state index contributed by atoms with van der Waals surface area (Å²) in [5.74, 6) is -2.50. The molecule has 0 spiro atoms. The Hall–Kier alpha value is -3.56. The Morgan fingerprint density at radius 1 is 1.13 bits per heavy atom. The first kappa shape index (κ1) is 22.7. The quantitative estimate of drug-likeness (QED) is 0.327. The summed E-state index contributed by atoms with van der Waals surface area (Å²) in [7, 11) is 0. The lowest BCUT2D eigenvalue weighted by atomic mass is 10.1. The van der Waals surface area contributed by atoms with Gasteiger partial charge in [-0.3, -0.25) is 10.1 Å². The van der Waals surface area contributed by atoms with Gasteiger partial charge >= 0.3 is 12.1 Å². The minimum absolute atomic E-state index is 0.0266. The zero-order valence-electron chi connectivity index (χ0n) is 16.5. The second-order valence-electron chi connectivity index (χ2n) is 7.31. The predicted octanol–water partition coefficient (Wildman–Crippen LogP) is 3.91.